The molecular weight excluding hydrogens is 352 g/mol. The van der Waals surface area contributed by atoms with Gasteiger partial charge in [-0.1, -0.05) is 6.92 Å². The third-order valence-corrected chi connectivity index (χ3v) is 7.89. The number of carbonyl (C=O) groups is 1. The second kappa shape index (κ2) is 7.68. The van der Waals surface area contributed by atoms with Crippen LogP contribution in [0.3, 0.4) is 0 Å². The van der Waals surface area contributed by atoms with Crippen molar-refractivity contribution in [2.24, 2.45) is 18.9 Å². The number of hydrogen-bond acceptors (Lipinski definition) is 4. The standard InChI is InChI=1S/C18H30N4O3S/c1-13-6-8-16(9-7-13)20-18(23)15-5-4-10-22(12-15)26(24,25)17-11-19-21(3)14(17)2/h11,13,15-16H,4-10,12H2,1-3H3,(H,20,23)/t13?,15-,16?/m1/s1. The highest BCUT2D eigenvalue weighted by Crippen LogP contribution is 2.27. The Kier molecular flexibility index (Phi) is 5.72. The molecule has 2 aliphatic rings. The lowest BCUT2D eigenvalue weighted by molar-refractivity contribution is -0.127. The maximum atomic E-state index is 13.0. The van der Waals surface area contributed by atoms with Gasteiger partial charge in [-0.15, -0.1) is 0 Å². The lowest BCUT2D eigenvalue weighted by Crippen LogP contribution is -2.48. The maximum Gasteiger partial charge on any atom is 0.246 e. The van der Waals surface area contributed by atoms with Gasteiger partial charge >= 0.3 is 0 Å². The van der Waals surface area contributed by atoms with Gasteiger partial charge in [-0.3, -0.25) is 9.48 Å². The van der Waals surface area contributed by atoms with Gasteiger partial charge in [0.1, 0.15) is 4.90 Å². The summed E-state index contributed by atoms with van der Waals surface area (Å²) in [5.41, 5.74) is 0.618. The molecule has 26 heavy (non-hydrogen) atoms. The van der Waals surface area contributed by atoms with Gasteiger partial charge in [0, 0.05) is 26.2 Å². The zero-order valence-electron chi connectivity index (χ0n) is 15.9. The maximum absolute atomic E-state index is 13.0. The first-order chi connectivity index (χ1) is 12.3. The van der Waals surface area contributed by atoms with Crippen molar-refractivity contribution in [3.63, 3.8) is 0 Å². The first-order valence-corrected chi connectivity index (χ1v) is 11.0. The third-order valence-electron chi connectivity index (χ3n) is 5.93. The summed E-state index contributed by atoms with van der Waals surface area (Å²) in [4.78, 5) is 12.9. The Balaban J connectivity index is 1.65. The number of nitrogens with zero attached hydrogens (tertiary/aromatic N) is 3. The predicted octanol–water partition coefficient (Wildman–Crippen LogP) is 1.82. The molecule has 1 saturated carbocycles. The van der Waals surface area contributed by atoms with Crippen molar-refractivity contribution in [1.82, 2.24) is 19.4 Å². The van der Waals surface area contributed by atoms with Crippen LogP contribution in [0.1, 0.15) is 51.1 Å². The summed E-state index contributed by atoms with van der Waals surface area (Å²) in [5.74, 6) is 0.475. The molecule has 0 spiro atoms. The van der Waals surface area contributed by atoms with Crippen LogP contribution in [0, 0.1) is 18.8 Å². The van der Waals surface area contributed by atoms with Gasteiger partial charge in [-0.25, -0.2) is 8.42 Å². The highest BCUT2D eigenvalue weighted by atomic mass is 32.2. The summed E-state index contributed by atoms with van der Waals surface area (Å²) >= 11 is 0. The van der Waals surface area contributed by atoms with Gasteiger partial charge in [0.2, 0.25) is 15.9 Å². The SMILES string of the molecule is Cc1c(S(=O)(=O)N2CCC[C@@H](C(=O)NC3CCC(C)CC3)C2)cnn1C. The van der Waals surface area contributed by atoms with Crippen LogP contribution in [-0.2, 0) is 21.9 Å². The van der Waals surface area contributed by atoms with Gasteiger partial charge in [-0.05, 0) is 51.4 Å². The average Bonchev–Trinajstić information content (AvgIpc) is 2.97. The zero-order chi connectivity index (χ0) is 18.9. The lowest BCUT2D eigenvalue weighted by atomic mass is 9.87. The van der Waals surface area contributed by atoms with E-state index >= 15 is 0 Å². The van der Waals surface area contributed by atoms with Crippen LogP contribution in [-0.4, -0.2) is 47.5 Å². The highest BCUT2D eigenvalue weighted by molar-refractivity contribution is 7.89. The summed E-state index contributed by atoms with van der Waals surface area (Å²) in [6.07, 6.45) is 7.20. The quantitative estimate of drug-likeness (QED) is 0.861. The number of rotatable bonds is 4. The molecule has 1 aromatic rings. The molecule has 1 saturated heterocycles. The first-order valence-electron chi connectivity index (χ1n) is 9.58. The molecule has 3 rings (SSSR count). The predicted molar refractivity (Wildman–Crippen MR) is 99.0 cm³/mol. The van der Waals surface area contributed by atoms with Crippen molar-refractivity contribution in [2.45, 2.75) is 63.3 Å². The summed E-state index contributed by atoms with van der Waals surface area (Å²) in [6, 6.07) is 0.242. The van der Waals surface area contributed by atoms with E-state index in [1.54, 1.807) is 18.7 Å². The molecule has 0 unspecified atom stereocenters. The van der Waals surface area contributed by atoms with E-state index in [9.17, 15) is 13.2 Å². The number of piperidine rings is 1. The topological polar surface area (TPSA) is 84.3 Å². The lowest BCUT2D eigenvalue weighted by Gasteiger charge is -2.33. The Morgan fingerprint density at radius 2 is 1.92 bits per heavy atom. The van der Waals surface area contributed by atoms with Crippen molar-refractivity contribution in [2.75, 3.05) is 13.1 Å². The molecule has 0 aromatic carbocycles. The average molecular weight is 383 g/mol. The molecule has 2 fully saturated rings. The molecule has 0 bridgehead atoms. The Hall–Kier alpha value is -1.41. The molecule has 2 heterocycles. The molecular formula is C18H30N4O3S. The van der Waals surface area contributed by atoms with E-state index in [0.717, 1.165) is 38.0 Å². The van der Waals surface area contributed by atoms with Crippen molar-refractivity contribution >= 4 is 15.9 Å². The molecule has 8 heteroatoms. The molecule has 7 nitrogen and oxygen atoms in total. The number of aryl methyl sites for hydroxylation is 1. The monoisotopic (exact) mass is 382 g/mol. The van der Waals surface area contributed by atoms with E-state index in [1.165, 1.54) is 10.5 Å². The van der Waals surface area contributed by atoms with Gasteiger partial charge in [0.05, 0.1) is 17.8 Å². The molecule has 1 amide bonds. The minimum absolute atomic E-state index is 0.00682. The molecule has 1 aliphatic heterocycles. The van der Waals surface area contributed by atoms with Crippen molar-refractivity contribution in [3.8, 4) is 0 Å². The summed E-state index contributed by atoms with van der Waals surface area (Å²) in [7, 11) is -1.88. The summed E-state index contributed by atoms with van der Waals surface area (Å²) in [5, 5.41) is 7.21. The van der Waals surface area contributed by atoms with E-state index in [-0.39, 0.29) is 29.3 Å². The fourth-order valence-corrected chi connectivity index (χ4v) is 5.68. The van der Waals surface area contributed by atoms with Gasteiger partial charge in [-0.2, -0.15) is 9.40 Å². The third kappa shape index (κ3) is 3.96. The largest absolute Gasteiger partial charge is 0.353 e. The molecule has 146 valence electrons. The van der Waals surface area contributed by atoms with Crippen molar-refractivity contribution < 1.29 is 13.2 Å². The number of aromatic nitrogens is 2. The van der Waals surface area contributed by atoms with Crippen molar-refractivity contribution in [3.05, 3.63) is 11.9 Å². The zero-order valence-corrected chi connectivity index (χ0v) is 16.8. The van der Waals surface area contributed by atoms with Crippen LogP contribution in [0.5, 0.6) is 0 Å². The fraction of sp³-hybridized carbons (Fsp3) is 0.778. The summed E-state index contributed by atoms with van der Waals surface area (Å²) < 4.78 is 28.9. The van der Waals surface area contributed by atoms with E-state index in [2.05, 4.69) is 17.3 Å². The Morgan fingerprint density at radius 1 is 1.23 bits per heavy atom. The Bertz CT molecular complexity index is 750. The number of amides is 1. The van der Waals surface area contributed by atoms with Gasteiger partial charge in [0.15, 0.2) is 0 Å². The van der Waals surface area contributed by atoms with Crippen LogP contribution in [0.15, 0.2) is 11.1 Å². The smallest absolute Gasteiger partial charge is 0.246 e. The second-order valence-corrected chi connectivity index (χ2v) is 9.79. The van der Waals surface area contributed by atoms with Gasteiger partial charge < -0.3 is 5.32 Å². The van der Waals surface area contributed by atoms with E-state index in [0.29, 0.717) is 18.7 Å². The normalized spacial score (nSPS) is 28.0. The molecule has 0 radical (unpaired) electrons. The van der Waals surface area contributed by atoms with Crippen molar-refractivity contribution in [1.29, 1.82) is 0 Å². The Labute approximate surface area is 156 Å². The minimum atomic E-state index is -3.61. The fourth-order valence-electron chi connectivity index (χ4n) is 3.97. The van der Waals surface area contributed by atoms with E-state index < -0.39 is 10.0 Å². The van der Waals surface area contributed by atoms with E-state index in [4.69, 9.17) is 0 Å². The van der Waals surface area contributed by atoms with Crippen LogP contribution in [0.2, 0.25) is 0 Å². The first kappa shape index (κ1) is 19.4. The molecule has 1 aliphatic carbocycles. The number of nitrogens with one attached hydrogen (secondary N) is 1. The van der Waals surface area contributed by atoms with Crippen LogP contribution in [0.4, 0.5) is 0 Å². The number of carbonyl (C=O) groups excluding carboxylic acids is 1. The van der Waals surface area contributed by atoms with Gasteiger partial charge in [0.25, 0.3) is 0 Å². The minimum Gasteiger partial charge on any atom is -0.353 e. The summed E-state index contributed by atoms with van der Waals surface area (Å²) in [6.45, 7) is 4.72. The number of sulfonamides is 1. The molecule has 1 N–H and O–H groups in total. The van der Waals surface area contributed by atoms with E-state index in [1.807, 2.05) is 0 Å². The number of hydrogen-bond donors (Lipinski definition) is 1. The second-order valence-electron chi connectivity index (χ2n) is 7.89. The van der Waals surface area contributed by atoms with Crippen LogP contribution < -0.4 is 5.32 Å². The Morgan fingerprint density at radius 3 is 2.54 bits per heavy atom. The van der Waals surface area contributed by atoms with Crippen LogP contribution in [0.25, 0.3) is 0 Å². The van der Waals surface area contributed by atoms with Crippen LogP contribution >= 0.6 is 0 Å². The molecule has 1 aromatic heterocycles. The molecule has 1 atom stereocenters. The highest BCUT2D eigenvalue weighted by Gasteiger charge is 2.35.